The normalized spacial score (nSPS) is 31.5. The number of rotatable bonds is 3. The van der Waals surface area contributed by atoms with E-state index in [1.165, 1.54) is 12.3 Å². The van der Waals surface area contributed by atoms with Gasteiger partial charge in [-0.25, -0.2) is 4.98 Å². The van der Waals surface area contributed by atoms with E-state index in [-0.39, 0.29) is 5.92 Å². The average Bonchev–Trinajstić information content (AvgIpc) is 3.00. The number of halogens is 3. The van der Waals surface area contributed by atoms with Crippen molar-refractivity contribution in [3.8, 4) is 0 Å². The highest BCUT2D eigenvalue weighted by Crippen LogP contribution is 2.30. The fraction of sp³-hybridized carbons (Fsp3) is 0.688. The number of hydrogen-bond acceptors (Lipinski definition) is 6. The Morgan fingerprint density at radius 2 is 1.76 bits per heavy atom. The Labute approximate surface area is 143 Å². The summed E-state index contributed by atoms with van der Waals surface area (Å²) < 4.78 is 37.7. The van der Waals surface area contributed by atoms with Crippen LogP contribution < -0.4 is 4.90 Å². The first-order valence-corrected chi connectivity index (χ1v) is 8.29. The molecule has 9 heteroatoms. The maximum Gasteiger partial charge on any atom is 0.433 e. The summed E-state index contributed by atoms with van der Waals surface area (Å²) in [6.07, 6.45) is -5.38. The maximum absolute atomic E-state index is 12.6. The molecule has 3 heterocycles. The van der Waals surface area contributed by atoms with Gasteiger partial charge in [-0.1, -0.05) is 0 Å². The molecule has 4 atom stereocenters. The third-order valence-corrected chi connectivity index (χ3v) is 4.88. The molecule has 2 aliphatic heterocycles. The highest BCUT2D eigenvalue weighted by molar-refractivity contribution is 5.45. The van der Waals surface area contributed by atoms with Gasteiger partial charge in [0.15, 0.2) is 0 Å². The van der Waals surface area contributed by atoms with Crippen LogP contribution in [0, 0.1) is 5.92 Å². The molecule has 0 aromatic carbocycles. The minimum absolute atomic E-state index is 0.275. The van der Waals surface area contributed by atoms with Crippen molar-refractivity contribution in [3.63, 3.8) is 0 Å². The van der Waals surface area contributed by atoms with Gasteiger partial charge in [-0.05, 0) is 24.5 Å². The number of aromatic nitrogens is 1. The number of aliphatic hydroxyl groups is 3. The van der Waals surface area contributed by atoms with Gasteiger partial charge in [0.25, 0.3) is 0 Å². The Morgan fingerprint density at radius 1 is 1.08 bits per heavy atom. The minimum atomic E-state index is -4.44. The second kappa shape index (κ2) is 7.06. The van der Waals surface area contributed by atoms with Crippen LogP contribution in [-0.4, -0.2) is 76.2 Å². The summed E-state index contributed by atoms with van der Waals surface area (Å²) in [4.78, 5) is 7.40. The number of piperidine rings is 1. The Balaban J connectivity index is 1.55. The van der Waals surface area contributed by atoms with Crippen molar-refractivity contribution in [3.05, 3.63) is 24.0 Å². The van der Waals surface area contributed by atoms with Gasteiger partial charge in [0.1, 0.15) is 11.8 Å². The smallest absolute Gasteiger partial charge is 0.389 e. The predicted octanol–water partition coefficient (Wildman–Crippen LogP) is 0.325. The molecule has 0 radical (unpaired) electrons. The number of anilines is 1. The number of alkyl halides is 3. The number of pyridine rings is 1. The molecule has 2 aliphatic rings. The van der Waals surface area contributed by atoms with Gasteiger partial charge in [0, 0.05) is 32.7 Å². The number of hydrogen-bond donors (Lipinski definition) is 3. The van der Waals surface area contributed by atoms with E-state index < -0.39 is 30.2 Å². The van der Waals surface area contributed by atoms with Crippen molar-refractivity contribution < 1.29 is 28.5 Å². The van der Waals surface area contributed by atoms with Crippen molar-refractivity contribution in [2.24, 2.45) is 5.92 Å². The predicted molar refractivity (Wildman–Crippen MR) is 84.0 cm³/mol. The van der Waals surface area contributed by atoms with Gasteiger partial charge in [-0.2, -0.15) is 13.2 Å². The van der Waals surface area contributed by atoms with E-state index in [9.17, 15) is 28.5 Å². The maximum atomic E-state index is 12.6. The van der Waals surface area contributed by atoms with Crippen LogP contribution in [0.3, 0.4) is 0 Å². The van der Waals surface area contributed by atoms with Gasteiger partial charge in [-0.3, -0.25) is 4.90 Å². The van der Waals surface area contributed by atoms with Crippen molar-refractivity contribution in [2.45, 2.75) is 30.9 Å². The van der Waals surface area contributed by atoms with Gasteiger partial charge in [-0.15, -0.1) is 0 Å². The summed E-state index contributed by atoms with van der Waals surface area (Å²) >= 11 is 0. The summed E-state index contributed by atoms with van der Waals surface area (Å²) in [6.45, 7) is 2.66. The van der Waals surface area contributed by atoms with Crippen LogP contribution in [0.2, 0.25) is 0 Å². The van der Waals surface area contributed by atoms with Crippen molar-refractivity contribution in [1.29, 1.82) is 0 Å². The summed E-state index contributed by atoms with van der Waals surface area (Å²) in [7, 11) is 0. The van der Waals surface area contributed by atoms with E-state index in [0.29, 0.717) is 31.9 Å². The topological polar surface area (TPSA) is 80.1 Å². The van der Waals surface area contributed by atoms with Crippen molar-refractivity contribution >= 4 is 5.69 Å². The lowest BCUT2D eigenvalue weighted by molar-refractivity contribution is -0.141. The highest BCUT2D eigenvalue weighted by atomic mass is 19.4. The largest absolute Gasteiger partial charge is 0.433 e. The molecule has 3 rings (SSSR count). The average molecular weight is 361 g/mol. The molecule has 1 aromatic heterocycles. The van der Waals surface area contributed by atoms with Crippen LogP contribution in [0.25, 0.3) is 0 Å². The first-order valence-electron chi connectivity index (χ1n) is 8.29. The summed E-state index contributed by atoms with van der Waals surface area (Å²) in [5, 5.41) is 29.1. The first-order chi connectivity index (χ1) is 11.7. The summed E-state index contributed by atoms with van der Waals surface area (Å²) in [5.41, 5.74) is -0.244. The molecule has 1 aromatic rings. The van der Waals surface area contributed by atoms with E-state index in [1.54, 1.807) is 0 Å². The molecule has 2 fully saturated rings. The second-order valence-electron chi connectivity index (χ2n) is 6.84. The van der Waals surface area contributed by atoms with Gasteiger partial charge < -0.3 is 20.2 Å². The lowest BCUT2D eigenvalue weighted by Crippen LogP contribution is -2.56. The van der Waals surface area contributed by atoms with Crippen LogP contribution in [-0.2, 0) is 6.18 Å². The van der Waals surface area contributed by atoms with E-state index in [0.717, 1.165) is 19.0 Å². The molecule has 0 spiro atoms. The monoisotopic (exact) mass is 361 g/mol. The van der Waals surface area contributed by atoms with Crippen molar-refractivity contribution in [1.82, 2.24) is 9.88 Å². The SMILES string of the molecule is O[C@H]1[C@H](O)CN(C[C@H]2CCN(c3ccc(C(F)(F)F)nc3)C2)C[C@@H]1O. The van der Waals surface area contributed by atoms with Gasteiger partial charge in [0.2, 0.25) is 0 Å². The zero-order valence-electron chi connectivity index (χ0n) is 13.6. The Kier molecular flexibility index (Phi) is 5.19. The third kappa shape index (κ3) is 4.22. The number of aliphatic hydroxyl groups excluding tert-OH is 3. The molecule has 3 N–H and O–H groups in total. The molecule has 0 amide bonds. The number of nitrogens with zero attached hydrogens (tertiary/aromatic N) is 3. The Hall–Kier alpha value is -1.42. The lowest BCUT2D eigenvalue weighted by Gasteiger charge is -2.38. The van der Waals surface area contributed by atoms with Crippen LogP contribution in [0.5, 0.6) is 0 Å². The number of β-amino-alcohol motifs (C(OH)–C–C–N with tert-alkyl or cyclic N) is 2. The highest BCUT2D eigenvalue weighted by Gasteiger charge is 2.36. The van der Waals surface area contributed by atoms with E-state index in [2.05, 4.69) is 4.98 Å². The standard InChI is InChI=1S/C16H22F3N3O3/c17-16(18,19)14-2-1-11(5-20-14)22-4-3-10(7-22)6-21-8-12(23)15(25)13(24)9-21/h1-2,5,10,12-13,15,23-25H,3-4,6-9H2/t10-,12-,13+,15+/m1/s1. The van der Waals surface area contributed by atoms with Gasteiger partial charge in [0.05, 0.1) is 24.1 Å². The fourth-order valence-corrected chi connectivity index (χ4v) is 3.55. The lowest BCUT2D eigenvalue weighted by atomic mass is 10.00. The van der Waals surface area contributed by atoms with E-state index in [1.807, 2.05) is 9.80 Å². The van der Waals surface area contributed by atoms with Crippen molar-refractivity contribution in [2.75, 3.05) is 37.6 Å². The molecular formula is C16H22F3N3O3. The number of likely N-dealkylation sites (tertiary alicyclic amines) is 1. The zero-order chi connectivity index (χ0) is 18.2. The molecule has 0 saturated carbocycles. The Bertz CT molecular complexity index is 572. The molecule has 6 nitrogen and oxygen atoms in total. The Morgan fingerprint density at radius 3 is 2.32 bits per heavy atom. The van der Waals surface area contributed by atoms with Crippen LogP contribution >= 0.6 is 0 Å². The zero-order valence-corrected chi connectivity index (χ0v) is 13.6. The summed E-state index contributed by atoms with van der Waals surface area (Å²) in [6, 6.07) is 2.42. The molecule has 0 bridgehead atoms. The molecule has 0 unspecified atom stereocenters. The van der Waals surface area contributed by atoms with Crippen LogP contribution in [0.4, 0.5) is 18.9 Å². The summed E-state index contributed by atoms with van der Waals surface area (Å²) in [5.74, 6) is 0.275. The molecule has 25 heavy (non-hydrogen) atoms. The fourth-order valence-electron chi connectivity index (χ4n) is 3.55. The molecular weight excluding hydrogens is 339 g/mol. The molecule has 2 saturated heterocycles. The third-order valence-electron chi connectivity index (χ3n) is 4.88. The first kappa shape index (κ1) is 18.4. The second-order valence-corrected chi connectivity index (χ2v) is 6.84. The van der Waals surface area contributed by atoms with Crippen LogP contribution in [0.15, 0.2) is 18.3 Å². The van der Waals surface area contributed by atoms with E-state index >= 15 is 0 Å². The quantitative estimate of drug-likeness (QED) is 0.720. The van der Waals surface area contributed by atoms with Crippen LogP contribution in [0.1, 0.15) is 12.1 Å². The van der Waals surface area contributed by atoms with Gasteiger partial charge >= 0.3 is 6.18 Å². The molecule has 0 aliphatic carbocycles. The minimum Gasteiger partial charge on any atom is -0.389 e. The van der Waals surface area contributed by atoms with E-state index in [4.69, 9.17) is 0 Å². The molecule has 140 valence electrons.